The number of hydrogen-bond donors (Lipinski definition) is 1. The summed E-state index contributed by atoms with van der Waals surface area (Å²) in [5.41, 5.74) is 3.53. The predicted octanol–water partition coefficient (Wildman–Crippen LogP) is 3.41. The molecule has 0 bridgehead atoms. The van der Waals surface area contributed by atoms with E-state index >= 15 is 0 Å². The van der Waals surface area contributed by atoms with E-state index in [0.29, 0.717) is 16.6 Å². The van der Waals surface area contributed by atoms with E-state index in [-0.39, 0.29) is 12.5 Å². The van der Waals surface area contributed by atoms with Crippen molar-refractivity contribution in [1.82, 2.24) is 14.7 Å². The van der Waals surface area contributed by atoms with Crippen LogP contribution in [0.5, 0.6) is 0 Å². The smallest absolute Gasteiger partial charge is 0.238 e. The first-order valence-corrected chi connectivity index (χ1v) is 7.96. The molecule has 7 heteroatoms. The van der Waals surface area contributed by atoms with Crippen molar-refractivity contribution in [3.05, 3.63) is 45.2 Å². The largest absolute Gasteiger partial charge is 0.322 e. The average Bonchev–Trinajstić information content (AvgIpc) is 2.69. The fraction of sp³-hybridized carbons (Fsp3) is 0.375. The zero-order chi connectivity index (χ0) is 17.1. The normalized spacial score (nSPS) is 11.1. The number of halogens is 2. The van der Waals surface area contributed by atoms with Crippen LogP contribution in [0, 0.1) is 13.8 Å². The third kappa shape index (κ3) is 4.47. The number of rotatable bonds is 5. The van der Waals surface area contributed by atoms with Gasteiger partial charge in [0.1, 0.15) is 0 Å². The summed E-state index contributed by atoms with van der Waals surface area (Å²) >= 11 is 11.9. The van der Waals surface area contributed by atoms with Crippen molar-refractivity contribution in [1.29, 1.82) is 0 Å². The molecule has 1 aromatic heterocycles. The van der Waals surface area contributed by atoms with E-state index in [1.54, 1.807) is 10.7 Å². The summed E-state index contributed by atoms with van der Waals surface area (Å²) in [5.74, 6) is -0.0771. The summed E-state index contributed by atoms with van der Waals surface area (Å²) in [6, 6.07) is 5.47. The molecule has 0 unspecified atom stereocenters. The van der Waals surface area contributed by atoms with Gasteiger partial charge in [0.05, 0.1) is 33.7 Å². The minimum absolute atomic E-state index is 0.0771. The number of likely N-dealkylation sites (N-methyl/N-ethyl adjacent to an activating group) is 1. The molecule has 1 aromatic carbocycles. The summed E-state index contributed by atoms with van der Waals surface area (Å²) in [6.45, 7) is 4.68. The maximum atomic E-state index is 12.2. The summed E-state index contributed by atoms with van der Waals surface area (Å²) in [4.78, 5) is 14.1. The summed E-state index contributed by atoms with van der Waals surface area (Å²) in [5, 5.41) is 8.26. The molecule has 23 heavy (non-hydrogen) atoms. The highest BCUT2D eigenvalue weighted by molar-refractivity contribution is 6.42. The predicted molar refractivity (Wildman–Crippen MR) is 94.1 cm³/mol. The van der Waals surface area contributed by atoms with Gasteiger partial charge >= 0.3 is 0 Å². The number of hydrogen-bond acceptors (Lipinski definition) is 3. The second kappa shape index (κ2) is 7.34. The van der Waals surface area contributed by atoms with Crippen LogP contribution in [0.2, 0.25) is 10.0 Å². The number of benzene rings is 1. The molecule has 1 heterocycles. The van der Waals surface area contributed by atoms with Crippen molar-refractivity contribution in [2.45, 2.75) is 20.4 Å². The summed E-state index contributed by atoms with van der Waals surface area (Å²) in [7, 11) is 3.74. The monoisotopic (exact) mass is 354 g/mol. The van der Waals surface area contributed by atoms with Crippen LogP contribution in [0.1, 0.15) is 17.0 Å². The molecule has 0 aliphatic heterocycles. The highest BCUT2D eigenvalue weighted by Crippen LogP contribution is 2.23. The van der Waals surface area contributed by atoms with E-state index in [0.717, 1.165) is 22.6 Å². The molecular weight excluding hydrogens is 335 g/mol. The van der Waals surface area contributed by atoms with Gasteiger partial charge in [-0.05, 0) is 38.6 Å². The van der Waals surface area contributed by atoms with Gasteiger partial charge in [-0.2, -0.15) is 5.10 Å². The lowest BCUT2D eigenvalue weighted by molar-refractivity contribution is -0.117. The van der Waals surface area contributed by atoms with Crippen molar-refractivity contribution in [3.8, 4) is 0 Å². The second-order valence-corrected chi connectivity index (χ2v) is 6.45. The van der Waals surface area contributed by atoms with Crippen LogP contribution < -0.4 is 5.32 Å². The van der Waals surface area contributed by atoms with Crippen molar-refractivity contribution >= 4 is 34.8 Å². The van der Waals surface area contributed by atoms with Gasteiger partial charge in [0.2, 0.25) is 5.91 Å². The van der Waals surface area contributed by atoms with Gasteiger partial charge in [0.25, 0.3) is 0 Å². The van der Waals surface area contributed by atoms with Gasteiger partial charge in [-0.25, -0.2) is 0 Å². The molecule has 0 saturated heterocycles. The molecule has 0 fully saturated rings. The van der Waals surface area contributed by atoms with Gasteiger partial charge in [-0.3, -0.25) is 14.4 Å². The molecule has 124 valence electrons. The molecular formula is C16H20Cl2N4O. The van der Waals surface area contributed by atoms with Gasteiger partial charge in [0, 0.05) is 13.6 Å². The Bertz CT molecular complexity index is 727. The quantitative estimate of drug-likeness (QED) is 0.894. The standard InChI is InChI=1S/C16H20Cl2N4O/c1-10-16(11(2)22(4)20-10)19-15(23)9-21(3)8-12-5-6-13(17)14(18)7-12/h5-7H,8-9H2,1-4H3,(H,19,23). The fourth-order valence-electron chi connectivity index (χ4n) is 2.38. The first-order valence-electron chi connectivity index (χ1n) is 7.20. The van der Waals surface area contributed by atoms with Crippen molar-refractivity contribution in [3.63, 3.8) is 0 Å². The molecule has 1 N–H and O–H groups in total. The third-order valence-corrected chi connectivity index (χ3v) is 4.36. The first-order chi connectivity index (χ1) is 10.8. The number of carbonyl (C=O) groups is 1. The number of aromatic nitrogens is 2. The average molecular weight is 355 g/mol. The van der Waals surface area contributed by atoms with Crippen LogP contribution in [0.25, 0.3) is 0 Å². The first kappa shape index (κ1) is 17.8. The van der Waals surface area contributed by atoms with E-state index < -0.39 is 0 Å². The molecule has 0 radical (unpaired) electrons. The minimum atomic E-state index is -0.0771. The maximum absolute atomic E-state index is 12.2. The van der Waals surface area contributed by atoms with Gasteiger partial charge in [0.15, 0.2) is 0 Å². The lowest BCUT2D eigenvalue weighted by Gasteiger charge is -2.17. The Morgan fingerprint density at radius 3 is 2.57 bits per heavy atom. The summed E-state index contributed by atoms with van der Waals surface area (Å²) in [6.07, 6.45) is 0. The molecule has 0 saturated carbocycles. The van der Waals surface area contributed by atoms with E-state index in [1.807, 2.05) is 45.0 Å². The number of aryl methyl sites for hydroxylation is 2. The Morgan fingerprint density at radius 1 is 1.30 bits per heavy atom. The second-order valence-electron chi connectivity index (χ2n) is 5.64. The zero-order valence-electron chi connectivity index (χ0n) is 13.7. The summed E-state index contributed by atoms with van der Waals surface area (Å²) < 4.78 is 1.75. The Morgan fingerprint density at radius 2 is 2.00 bits per heavy atom. The molecule has 0 aliphatic rings. The SMILES string of the molecule is Cc1nn(C)c(C)c1NC(=O)CN(C)Cc1ccc(Cl)c(Cl)c1. The van der Waals surface area contributed by atoms with E-state index in [9.17, 15) is 4.79 Å². The number of carbonyl (C=O) groups excluding carboxylic acids is 1. The number of amides is 1. The molecule has 5 nitrogen and oxygen atoms in total. The lowest BCUT2D eigenvalue weighted by Crippen LogP contribution is -2.30. The lowest BCUT2D eigenvalue weighted by atomic mass is 10.2. The molecule has 0 aliphatic carbocycles. The molecule has 0 spiro atoms. The molecule has 0 atom stereocenters. The Hall–Kier alpha value is -1.56. The molecule has 2 rings (SSSR count). The molecule has 2 aromatic rings. The van der Waals surface area contributed by atoms with Crippen molar-refractivity contribution in [2.75, 3.05) is 18.9 Å². The van der Waals surface area contributed by atoms with E-state index in [2.05, 4.69) is 10.4 Å². The number of nitrogens with zero attached hydrogens (tertiary/aromatic N) is 3. The number of nitrogens with one attached hydrogen (secondary N) is 1. The van der Waals surface area contributed by atoms with E-state index in [1.165, 1.54) is 0 Å². The Labute approximate surface area is 146 Å². The van der Waals surface area contributed by atoms with Crippen LogP contribution in [-0.2, 0) is 18.4 Å². The van der Waals surface area contributed by atoms with Gasteiger partial charge in [-0.15, -0.1) is 0 Å². The zero-order valence-corrected chi connectivity index (χ0v) is 15.2. The minimum Gasteiger partial charge on any atom is -0.322 e. The maximum Gasteiger partial charge on any atom is 0.238 e. The van der Waals surface area contributed by atoms with Crippen LogP contribution in [0.15, 0.2) is 18.2 Å². The van der Waals surface area contributed by atoms with Crippen LogP contribution in [-0.4, -0.2) is 34.2 Å². The highest BCUT2D eigenvalue weighted by atomic mass is 35.5. The third-order valence-electron chi connectivity index (χ3n) is 3.62. The van der Waals surface area contributed by atoms with Gasteiger partial charge in [-0.1, -0.05) is 29.3 Å². The topological polar surface area (TPSA) is 50.2 Å². The van der Waals surface area contributed by atoms with Crippen LogP contribution >= 0.6 is 23.2 Å². The Kier molecular flexibility index (Phi) is 5.68. The molecule has 1 amide bonds. The highest BCUT2D eigenvalue weighted by Gasteiger charge is 2.14. The fourth-order valence-corrected chi connectivity index (χ4v) is 2.70. The Balaban J connectivity index is 1.95. The van der Waals surface area contributed by atoms with Crippen LogP contribution in [0.3, 0.4) is 0 Å². The van der Waals surface area contributed by atoms with Crippen molar-refractivity contribution < 1.29 is 4.79 Å². The van der Waals surface area contributed by atoms with Crippen LogP contribution in [0.4, 0.5) is 5.69 Å². The van der Waals surface area contributed by atoms with E-state index in [4.69, 9.17) is 23.2 Å². The number of anilines is 1. The van der Waals surface area contributed by atoms with Gasteiger partial charge < -0.3 is 5.32 Å². The van der Waals surface area contributed by atoms with Crippen molar-refractivity contribution in [2.24, 2.45) is 7.05 Å².